The van der Waals surface area contributed by atoms with Gasteiger partial charge in [0.05, 0.1) is 29.0 Å². The van der Waals surface area contributed by atoms with Crippen LogP contribution in [0.5, 0.6) is 0 Å². The number of amides is 1. The van der Waals surface area contributed by atoms with Gasteiger partial charge in [-0.15, -0.1) is 5.10 Å². The van der Waals surface area contributed by atoms with E-state index in [0.717, 1.165) is 17.0 Å². The van der Waals surface area contributed by atoms with Crippen molar-refractivity contribution in [3.8, 4) is 11.3 Å². The minimum atomic E-state index is -2.80. The van der Waals surface area contributed by atoms with Crippen LogP contribution in [0.25, 0.3) is 11.3 Å². The standard InChI is InChI=1S/C21H23F4N3O2/c1-3-12-7-8-21(2,28(10-17(24)25)18(30)11-29)20-13(12)9-16(26-27-20)19-14(22)5-4-6-15(19)23/h4-6,9,12,17,29H,3,7-8,10-11H2,1-2H3/t12-,21-/m0/s1. The highest BCUT2D eigenvalue weighted by Crippen LogP contribution is 2.46. The zero-order valence-corrected chi connectivity index (χ0v) is 16.7. The lowest BCUT2D eigenvalue weighted by Gasteiger charge is -2.45. The number of aromatic nitrogens is 2. The number of rotatable bonds is 6. The molecule has 2 atom stereocenters. The number of aliphatic hydroxyl groups excluding tert-OH is 1. The Labute approximate surface area is 171 Å². The van der Waals surface area contributed by atoms with Gasteiger partial charge in [-0.25, -0.2) is 17.6 Å². The molecule has 9 heteroatoms. The first-order valence-corrected chi connectivity index (χ1v) is 9.74. The molecule has 162 valence electrons. The van der Waals surface area contributed by atoms with E-state index in [2.05, 4.69) is 10.2 Å². The van der Waals surface area contributed by atoms with Gasteiger partial charge >= 0.3 is 0 Å². The van der Waals surface area contributed by atoms with Gasteiger partial charge in [0.25, 0.3) is 6.43 Å². The second-order valence-electron chi connectivity index (χ2n) is 7.60. The number of nitrogens with zero attached hydrogens (tertiary/aromatic N) is 3. The van der Waals surface area contributed by atoms with Crippen molar-refractivity contribution in [1.82, 2.24) is 15.1 Å². The van der Waals surface area contributed by atoms with Crippen molar-refractivity contribution in [2.45, 2.75) is 51.0 Å². The van der Waals surface area contributed by atoms with E-state index in [1.165, 1.54) is 12.1 Å². The van der Waals surface area contributed by atoms with Crippen molar-refractivity contribution in [1.29, 1.82) is 0 Å². The number of fused-ring (bicyclic) bond motifs is 1. The molecule has 0 radical (unpaired) electrons. The van der Waals surface area contributed by atoms with Crippen molar-refractivity contribution >= 4 is 5.91 Å². The highest BCUT2D eigenvalue weighted by molar-refractivity contribution is 5.78. The smallest absolute Gasteiger partial charge is 0.255 e. The molecule has 0 fully saturated rings. The van der Waals surface area contributed by atoms with Crippen LogP contribution in [0, 0.1) is 11.6 Å². The van der Waals surface area contributed by atoms with E-state index in [0.29, 0.717) is 30.5 Å². The Morgan fingerprint density at radius 1 is 1.30 bits per heavy atom. The quantitative estimate of drug-likeness (QED) is 0.711. The highest BCUT2D eigenvalue weighted by atomic mass is 19.3. The Balaban J connectivity index is 2.16. The van der Waals surface area contributed by atoms with Crippen LogP contribution in [-0.4, -0.2) is 45.7 Å². The third-order valence-electron chi connectivity index (χ3n) is 5.82. The zero-order valence-electron chi connectivity index (χ0n) is 16.7. The normalized spacial score (nSPS) is 20.9. The summed E-state index contributed by atoms with van der Waals surface area (Å²) < 4.78 is 54.9. The number of aliphatic hydroxyl groups is 1. The molecule has 0 bridgehead atoms. The summed E-state index contributed by atoms with van der Waals surface area (Å²) in [5, 5.41) is 17.5. The van der Waals surface area contributed by atoms with Crippen LogP contribution in [0.2, 0.25) is 0 Å². The summed E-state index contributed by atoms with van der Waals surface area (Å²) in [4.78, 5) is 13.2. The minimum Gasteiger partial charge on any atom is -0.387 e. The summed E-state index contributed by atoms with van der Waals surface area (Å²) in [5.41, 5.74) is -0.615. The van der Waals surface area contributed by atoms with E-state index in [-0.39, 0.29) is 17.2 Å². The van der Waals surface area contributed by atoms with Gasteiger partial charge in [-0.3, -0.25) is 4.79 Å². The largest absolute Gasteiger partial charge is 0.387 e. The number of halogens is 4. The third-order valence-corrected chi connectivity index (χ3v) is 5.82. The van der Waals surface area contributed by atoms with Crippen molar-refractivity contribution in [2.75, 3.05) is 13.2 Å². The van der Waals surface area contributed by atoms with E-state index in [1.807, 2.05) is 6.92 Å². The molecule has 1 aliphatic carbocycles. The average molecular weight is 425 g/mol. The van der Waals surface area contributed by atoms with E-state index in [1.54, 1.807) is 6.92 Å². The molecule has 1 amide bonds. The molecule has 1 aliphatic rings. The van der Waals surface area contributed by atoms with Crippen LogP contribution in [0.3, 0.4) is 0 Å². The van der Waals surface area contributed by atoms with E-state index < -0.39 is 42.7 Å². The fourth-order valence-corrected chi connectivity index (χ4v) is 4.22. The van der Waals surface area contributed by atoms with Crippen LogP contribution in [0.1, 0.15) is 50.3 Å². The summed E-state index contributed by atoms with van der Waals surface area (Å²) in [6, 6.07) is 5.00. The first-order valence-electron chi connectivity index (χ1n) is 9.74. The summed E-state index contributed by atoms with van der Waals surface area (Å²) >= 11 is 0. The lowest BCUT2D eigenvalue weighted by atomic mass is 9.73. The molecule has 3 rings (SSSR count). The van der Waals surface area contributed by atoms with Gasteiger partial charge in [-0.1, -0.05) is 13.0 Å². The maximum absolute atomic E-state index is 14.3. The minimum absolute atomic E-state index is 0.000874. The molecular weight excluding hydrogens is 402 g/mol. The molecule has 0 aliphatic heterocycles. The van der Waals surface area contributed by atoms with Gasteiger partial charge in [0.1, 0.15) is 18.2 Å². The van der Waals surface area contributed by atoms with Crippen molar-refractivity contribution in [2.24, 2.45) is 0 Å². The molecule has 0 unspecified atom stereocenters. The van der Waals surface area contributed by atoms with Gasteiger partial charge in [-0.05, 0) is 55.9 Å². The average Bonchev–Trinajstić information content (AvgIpc) is 2.71. The number of carbonyl (C=O) groups is 1. The summed E-state index contributed by atoms with van der Waals surface area (Å²) in [6.07, 6.45) is -1.21. The Kier molecular flexibility index (Phi) is 6.40. The molecule has 0 saturated carbocycles. The molecule has 2 aromatic rings. The lowest BCUT2D eigenvalue weighted by Crippen LogP contribution is -2.53. The van der Waals surface area contributed by atoms with Crippen LogP contribution >= 0.6 is 0 Å². The van der Waals surface area contributed by atoms with Crippen LogP contribution in [0.15, 0.2) is 24.3 Å². The Morgan fingerprint density at radius 2 is 1.97 bits per heavy atom. The Bertz CT molecular complexity index is 920. The van der Waals surface area contributed by atoms with Crippen molar-refractivity contribution < 1.29 is 27.5 Å². The lowest BCUT2D eigenvalue weighted by molar-refractivity contribution is -0.144. The SMILES string of the molecule is CC[C@H]1CC[C@](C)(N(CC(F)F)C(=O)CO)c2nnc(-c3c(F)cccc3F)cc21. The second-order valence-corrected chi connectivity index (χ2v) is 7.60. The van der Waals surface area contributed by atoms with Gasteiger partial charge < -0.3 is 10.0 Å². The van der Waals surface area contributed by atoms with E-state index in [9.17, 15) is 27.5 Å². The molecule has 1 aromatic heterocycles. The zero-order chi connectivity index (χ0) is 22.1. The molecular formula is C21H23F4N3O2. The van der Waals surface area contributed by atoms with Gasteiger partial charge in [-0.2, -0.15) is 5.10 Å². The number of benzene rings is 1. The molecule has 5 nitrogen and oxygen atoms in total. The molecule has 30 heavy (non-hydrogen) atoms. The van der Waals surface area contributed by atoms with Gasteiger partial charge in [0.2, 0.25) is 5.91 Å². The summed E-state index contributed by atoms with van der Waals surface area (Å²) in [7, 11) is 0. The Hall–Kier alpha value is -2.55. The predicted molar refractivity (Wildman–Crippen MR) is 102 cm³/mol. The fourth-order valence-electron chi connectivity index (χ4n) is 4.22. The first-order chi connectivity index (χ1) is 14.2. The van der Waals surface area contributed by atoms with Crippen LogP contribution in [0.4, 0.5) is 17.6 Å². The topological polar surface area (TPSA) is 66.3 Å². The fraction of sp³-hybridized carbons (Fsp3) is 0.476. The number of hydrogen-bond donors (Lipinski definition) is 1. The third kappa shape index (κ3) is 3.90. The van der Waals surface area contributed by atoms with Gasteiger partial charge in [0.15, 0.2) is 0 Å². The van der Waals surface area contributed by atoms with E-state index >= 15 is 0 Å². The summed E-state index contributed by atoms with van der Waals surface area (Å²) in [6.45, 7) is 1.76. The maximum Gasteiger partial charge on any atom is 0.255 e. The van der Waals surface area contributed by atoms with E-state index in [4.69, 9.17) is 0 Å². The Morgan fingerprint density at radius 3 is 2.53 bits per heavy atom. The predicted octanol–water partition coefficient (Wildman–Crippen LogP) is 4.01. The van der Waals surface area contributed by atoms with Crippen molar-refractivity contribution in [3.05, 3.63) is 47.2 Å². The highest BCUT2D eigenvalue weighted by Gasteiger charge is 2.45. The second kappa shape index (κ2) is 8.67. The number of alkyl halides is 2. The molecule has 1 aromatic carbocycles. The molecule has 1 N–H and O–H groups in total. The van der Waals surface area contributed by atoms with Crippen LogP contribution in [-0.2, 0) is 10.3 Å². The molecule has 1 heterocycles. The molecule has 0 spiro atoms. The first kappa shape index (κ1) is 22.1. The maximum atomic E-state index is 14.3. The number of carbonyl (C=O) groups excluding carboxylic acids is 1. The number of hydrogen-bond acceptors (Lipinski definition) is 4. The summed E-state index contributed by atoms with van der Waals surface area (Å²) in [5.74, 6) is -2.45. The monoisotopic (exact) mass is 425 g/mol. The van der Waals surface area contributed by atoms with Gasteiger partial charge in [0, 0.05) is 0 Å². The van der Waals surface area contributed by atoms with Crippen LogP contribution < -0.4 is 0 Å². The van der Waals surface area contributed by atoms with Crippen molar-refractivity contribution in [3.63, 3.8) is 0 Å². The molecule has 0 saturated heterocycles.